The molecule has 0 radical (unpaired) electrons. The first-order valence-electron chi connectivity index (χ1n) is 24.0. The minimum Gasteiger partial charge on any atom is -0.870 e. The Labute approximate surface area is 653 Å². The Balaban J connectivity index is -0.000000513. The number of aliphatic hydroxyl groups is 1. The van der Waals surface area contributed by atoms with Crippen LogP contribution in [0, 0.1) is 0 Å². The van der Waals surface area contributed by atoms with Crippen LogP contribution in [0.4, 0.5) is 0 Å². The molecule has 0 aliphatic heterocycles. The fourth-order valence-corrected chi connectivity index (χ4v) is 15.3. The predicted molar refractivity (Wildman–Crippen MR) is 391 cm³/mol. The maximum absolute atomic E-state index is 11.8. The van der Waals surface area contributed by atoms with Crippen LogP contribution in [0.1, 0.15) is 38.7 Å². The molecule has 45 heteroatoms. The van der Waals surface area contributed by atoms with Crippen molar-refractivity contribution in [3.8, 4) is 23.0 Å². The predicted octanol–water partition coefficient (Wildman–Crippen LogP) is 14.0. The molecule has 0 aromatic carbocycles. The number of methoxy groups -OCH3 is 5. The van der Waals surface area contributed by atoms with Gasteiger partial charge >= 0.3 is 92.3 Å². The van der Waals surface area contributed by atoms with Crippen molar-refractivity contribution in [3.05, 3.63) is 64.8 Å². The van der Waals surface area contributed by atoms with Gasteiger partial charge in [0.1, 0.15) is 45.6 Å². The van der Waals surface area contributed by atoms with Crippen LogP contribution in [-0.4, -0.2) is 183 Å². The van der Waals surface area contributed by atoms with Crippen LogP contribution in [-0.2, 0) is 56.1 Å². The third-order valence-electron chi connectivity index (χ3n) is 8.06. The Kier molecular flexibility index (Phi) is 53.3. The third-order valence-corrected chi connectivity index (χ3v) is 24.5. The number of thiophene rings is 4. The molecule has 23 nitrogen and oxygen atoms in total. The molecule has 0 aliphatic carbocycles. The molecule has 0 bridgehead atoms. The standard InChI is InChI=1S/C11H28O3Si3.C10H10Br2O5S.2C9H8Br2O5S.C8H5Br2ClO4S.4ClH.Li.H2O.Sn/c1-15(2,3)12-10-11(13-16(4,5)6)14-17(7,8)9;1-15-3-5(13)9-8(7(11)10(12)18-9)17-4-6(14)16-2;1-15-2-4(12)8-7(16-3-5(13)14)6(10)9(11)17-8;1-15-5(14)3-16-7-6(10)9(11)17-8(7)4(13)2-12;1-14-3(12)2-15-5-4(9)7(10)16-6(5)8(11)13;;;;;;;/h10H,1-9H3;3-4H2,1-2H3;2-3H2,1H3,(H,13,14);12H,2-3H2,1H3;2H2,1H3;4*1H;;1H2;/q;;;;;;;;;+1;;+4/p-5. The van der Waals surface area contributed by atoms with Gasteiger partial charge in [0.2, 0.25) is 42.3 Å². The van der Waals surface area contributed by atoms with Gasteiger partial charge in [0, 0.05) is 14.2 Å². The number of hydrogen-bond acceptors (Lipinski definition) is 26. The van der Waals surface area contributed by atoms with Crippen molar-refractivity contribution in [3.63, 3.8) is 0 Å². The Morgan fingerprint density at radius 2 is 0.728 bits per heavy atom. The molecule has 92 heavy (non-hydrogen) atoms. The summed E-state index contributed by atoms with van der Waals surface area (Å²) in [5.41, 5.74) is 0. The third kappa shape index (κ3) is 42.9. The van der Waals surface area contributed by atoms with Gasteiger partial charge in [-0.25, -0.2) is 19.2 Å². The van der Waals surface area contributed by atoms with Gasteiger partial charge in [-0.1, -0.05) is 0 Å². The van der Waals surface area contributed by atoms with Gasteiger partial charge in [-0.05, 0) is 198 Å². The first-order chi connectivity index (χ1) is 41.2. The summed E-state index contributed by atoms with van der Waals surface area (Å²) in [6.07, 6.45) is 1.68. The van der Waals surface area contributed by atoms with E-state index in [0.29, 0.717) is 54.5 Å². The molecule has 0 aliphatic rings. The van der Waals surface area contributed by atoms with Crippen molar-refractivity contribution < 1.29 is 129 Å². The van der Waals surface area contributed by atoms with Crippen LogP contribution in [0.25, 0.3) is 0 Å². The normalized spacial score (nSPS) is 10.6. The number of hydrogen-bond donors (Lipinski definition) is 2. The fourth-order valence-electron chi connectivity index (χ4n) is 4.74. The van der Waals surface area contributed by atoms with E-state index in [1.807, 2.05) is 0 Å². The minimum absolute atomic E-state index is 0. The van der Waals surface area contributed by atoms with Gasteiger partial charge in [-0.2, -0.15) is 0 Å². The Morgan fingerprint density at radius 3 is 0.957 bits per heavy atom. The summed E-state index contributed by atoms with van der Waals surface area (Å²) in [5.74, 6) is -2.08. The number of ketones is 3. The summed E-state index contributed by atoms with van der Waals surface area (Å²) in [5, 5.41) is 16.7. The van der Waals surface area contributed by atoms with Gasteiger partial charge in [-0.3, -0.25) is 19.2 Å². The molecule has 0 atom stereocenters. The van der Waals surface area contributed by atoms with Crippen molar-refractivity contribution in [1.29, 1.82) is 0 Å². The molecule has 0 saturated heterocycles. The van der Waals surface area contributed by atoms with E-state index < -0.39 is 86.9 Å². The SMILES string of the molecule is COC(=O)COc1c(C(=O)CO)sc(Br)c1Br.COC(=O)COc1c(C(=O)Cl)sc(Br)c1Br.COCC(=O)c1sc(Br)c(Br)c1OCC(=O)O.COCC(=O)c1sc(Br)c(Br)c1OCC(=O)OC.C[Si](C)(C)OC=C(O[Si](C)(C)C)O[Si](C)(C)C.[Cl][Sn]([Cl])([Cl])[Cl].[Li+].[OH-]. The quantitative estimate of drug-likeness (QED) is 0.0140. The van der Waals surface area contributed by atoms with Crippen LogP contribution < -0.4 is 37.8 Å². The molecule has 4 aromatic rings. The second-order valence-electron chi connectivity index (χ2n) is 18.8. The van der Waals surface area contributed by atoms with Gasteiger partial charge in [0.05, 0.1) is 54.4 Å². The summed E-state index contributed by atoms with van der Waals surface area (Å²) in [6.45, 7) is 17.2. The van der Waals surface area contributed by atoms with E-state index in [2.05, 4.69) is 201 Å². The molecule has 4 aromatic heterocycles. The first-order valence-corrected chi connectivity index (χ1v) is 58.7. The molecule has 4 rings (SSSR count). The van der Waals surface area contributed by atoms with Crippen molar-refractivity contribution in [2.24, 2.45) is 0 Å². The molecule has 3 N–H and O–H groups in total. The summed E-state index contributed by atoms with van der Waals surface area (Å²) >= 11 is 32.6. The molecule has 0 unspecified atom stereocenters. The number of carboxylic acid groups (broad SMARTS) is 1. The average molecular weight is 2150 g/mol. The van der Waals surface area contributed by atoms with E-state index in [-0.39, 0.29) is 95.9 Å². The second-order valence-corrected chi connectivity index (χ2v) is 70.4. The van der Waals surface area contributed by atoms with Crippen molar-refractivity contribution in [2.45, 2.75) is 58.9 Å². The van der Waals surface area contributed by atoms with Gasteiger partial charge in [0.25, 0.3) is 11.2 Å². The van der Waals surface area contributed by atoms with Crippen molar-refractivity contribution >= 4 is 305 Å². The Morgan fingerprint density at radius 1 is 0.467 bits per heavy atom. The van der Waals surface area contributed by atoms with Gasteiger partial charge < -0.3 is 71.6 Å². The number of carboxylic acids is 1. The molecular formula is C47H60Br8Cl5LiO23S4Si3Sn. The van der Waals surface area contributed by atoms with E-state index in [9.17, 15) is 38.4 Å². The van der Waals surface area contributed by atoms with Crippen LogP contribution in [0.5, 0.6) is 23.0 Å². The monoisotopic (exact) mass is 2140 g/mol. The second kappa shape index (κ2) is 49.4. The number of carbonyl (C=O) groups is 8. The maximum Gasteiger partial charge on any atom is 1.00 e. The zero-order chi connectivity index (χ0) is 70.4. The van der Waals surface area contributed by atoms with E-state index in [4.69, 9.17) is 99.2 Å². The number of aliphatic carboxylic acids is 1. The number of carbonyl (C=O) groups excluding carboxylic acids is 7. The summed E-state index contributed by atoms with van der Waals surface area (Å²) in [7, 11) is 21.9. The molecule has 0 spiro atoms. The zero-order valence-corrected chi connectivity index (χ0v) is 76.7. The van der Waals surface area contributed by atoms with Gasteiger partial charge in [0.15, 0.2) is 49.4 Å². The molecule has 518 valence electrons. The van der Waals surface area contributed by atoms with Crippen LogP contribution in [0.15, 0.2) is 45.2 Å². The van der Waals surface area contributed by atoms with E-state index in [0.717, 1.165) is 34.0 Å². The summed E-state index contributed by atoms with van der Waals surface area (Å²) < 4.78 is 66.0. The molecule has 4 heterocycles. The van der Waals surface area contributed by atoms with E-state index >= 15 is 0 Å². The topological polar surface area (TPSA) is 318 Å². The number of Topliss-reactive ketones (excluding diaryl/α,β-unsaturated/α-hetero) is 3. The van der Waals surface area contributed by atoms with Crippen LogP contribution in [0.3, 0.4) is 0 Å². The zero-order valence-electron chi connectivity index (χ0n) is 51.1. The van der Waals surface area contributed by atoms with Crippen molar-refractivity contribution in [1.82, 2.24) is 0 Å². The largest absolute Gasteiger partial charge is 1.00 e. The minimum atomic E-state index is -3.29. The summed E-state index contributed by atoms with van der Waals surface area (Å²) in [4.78, 5) is 90.5. The van der Waals surface area contributed by atoms with E-state index in [1.165, 1.54) is 46.9 Å². The van der Waals surface area contributed by atoms with Gasteiger partial charge in [-0.15, -0.1) is 45.3 Å². The smallest absolute Gasteiger partial charge is 0.870 e. The van der Waals surface area contributed by atoms with Crippen LogP contribution in [0.2, 0.25) is 58.9 Å². The Bertz CT molecular complexity index is 3070. The first kappa shape index (κ1) is 99.3. The van der Waals surface area contributed by atoms with Crippen LogP contribution >= 0.6 is 220 Å². The number of esters is 3. The van der Waals surface area contributed by atoms with Crippen molar-refractivity contribution in [2.75, 3.05) is 81.8 Å². The number of halogens is 13. The fraction of sp³-hybridized carbons (Fsp3) is 0.447. The average Bonchev–Trinajstić information content (AvgIpc) is 1.75. The molecule has 0 fully saturated rings. The Hall–Kier alpha value is 0.877. The van der Waals surface area contributed by atoms with E-state index in [1.54, 1.807) is 6.26 Å². The molecule has 0 amide bonds. The summed E-state index contributed by atoms with van der Waals surface area (Å²) in [6, 6.07) is 0. The number of ether oxygens (including phenoxy) is 9. The maximum atomic E-state index is 11.8. The molecule has 0 saturated carbocycles. The number of rotatable bonds is 27. The number of aliphatic hydroxyl groups excluding tert-OH is 1. The molecular weight excluding hydrogens is 2090 g/mol.